The molecule has 0 aromatic heterocycles. The van der Waals surface area contributed by atoms with E-state index in [1.165, 1.54) is 5.56 Å². The number of nitrogens with two attached hydrogens (primary N) is 1. The maximum absolute atomic E-state index is 10.8. The molecule has 0 aliphatic carbocycles. The Morgan fingerprint density at radius 3 is 2.47 bits per heavy atom. The highest BCUT2D eigenvalue weighted by Crippen LogP contribution is 2.14. The van der Waals surface area contributed by atoms with Crippen molar-refractivity contribution >= 4 is 5.97 Å². The standard InChI is InChI=1S/C15H23NO3/c1-3-12-6-8-13(9-7-12)19-11-5-4-10-15(2,16)14(17)18/h6-9H,3-5,10-11,16H2,1-2H3,(H,17,18). The van der Waals surface area contributed by atoms with E-state index in [-0.39, 0.29) is 0 Å². The van der Waals surface area contributed by atoms with Gasteiger partial charge in [0.25, 0.3) is 0 Å². The lowest BCUT2D eigenvalue weighted by atomic mass is 9.97. The summed E-state index contributed by atoms with van der Waals surface area (Å²) in [5, 5.41) is 8.87. The van der Waals surface area contributed by atoms with Gasteiger partial charge >= 0.3 is 5.97 Å². The number of carboxylic acid groups (broad SMARTS) is 1. The number of aliphatic carboxylic acids is 1. The quantitative estimate of drug-likeness (QED) is 0.709. The third-order valence-electron chi connectivity index (χ3n) is 3.18. The number of hydrogen-bond donors (Lipinski definition) is 2. The Hall–Kier alpha value is -1.55. The van der Waals surface area contributed by atoms with Crippen molar-refractivity contribution < 1.29 is 14.6 Å². The zero-order chi connectivity index (χ0) is 14.3. The second-order valence-corrected chi connectivity index (χ2v) is 5.03. The molecule has 0 amide bonds. The largest absolute Gasteiger partial charge is 0.494 e. The summed E-state index contributed by atoms with van der Waals surface area (Å²) in [7, 11) is 0. The lowest BCUT2D eigenvalue weighted by Gasteiger charge is -2.18. The summed E-state index contributed by atoms with van der Waals surface area (Å²) in [5.41, 5.74) is 5.79. The van der Waals surface area contributed by atoms with Gasteiger partial charge < -0.3 is 15.6 Å². The van der Waals surface area contributed by atoms with Crippen molar-refractivity contribution in [3.05, 3.63) is 29.8 Å². The molecule has 0 radical (unpaired) electrons. The highest BCUT2D eigenvalue weighted by atomic mass is 16.5. The van der Waals surface area contributed by atoms with Crippen LogP contribution >= 0.6 is 0 Å². The van der Waals surface area contributed by atoms with Crippen molar-refractivity contribution in [2.45, 2.75) is 45.1 Å². The highest BCUT2D eigenvalue weighted by Gasteiger charge is 2.26. The summed E-state index contributed by atoms with van der Waals surface area (Å²) in [5.74, 6) is -0.102. The Morgan fingerprint density at radius 1 is 1.32 bits per heavy atom. The Bertz CT molecular complexity index is 398. The van der Waals surface area contributed by atoms with Crippen molar-refractivity contribution in [2.24, 2.45) is 5.73 Å². The third-order valence-corrected chi connectivity index (χ3v) is 3.18. The second-order valence-electron chi connectivity index (χ2n) is 5.03. The van der Waals surface area contributed by atoms with E-state index in [1.807, 2.05) is 12.1 Å². The smallest absolute Gasteiger partial charge is 0.323 e. The van der Waals surface area contributed by atoms with Crippen LogP contribution in [0.3, 0.4) is 0 Å². The van der Waals surface area contributed by atoms with Crippen LogP contribution in [0.15, 0.2) is 24.3 Å². The molecule has 0 aliphatic rings. The maximum atomic E-state index is 10.8. The average molecular weight is 265 g/mol. The van der Waals surface area contributed by atoms with E-state index < -0.39 is 11.5 Å². The molecular formula is C15H23NO3. The van der Waals surface area contributed by atoms with Gasteiger partial charge in [0.1, 0.15) is 11.3 Å². The average Bonchev–Trinajstić information content (AvgIpc) is 2.38. The Labute approximate surface area is 114 Å². The van der Waals surface area contributed by atoms with Crippen LogP contribution in [0.5, 0.6) is 5.75 Å². The topological polar surface area (TPSA) is 72.5 Å². The van der Waals surface area contributed by atoms with Crippen LogP contribution in [0, 0.1) is 0 Å². The van der Waals surface area contributed by atoms with E-state index in [1.54, 1.807) is 6.92 Å². The molecule has 1 rings (SSSR count). The van der Waals surface area contributed by atoms with E-state index in [0.717, 1.165) is 25.0 Å². The molecular weight excluding hydrogens is 242 g/mol. The summed E-state index contributed by atoms with van der Waals surface area (Å²) >= 11 is 0. The summed E-state index contributed by atoms with van der Waals surface area (Å²) in [6, 6.07) is 8.03. The summed E-state index contributed by atoms with van der Waals surface area (Å²) in [6.45, 7) is 4.24. The first kappa shape index (κ1) is 15.5. The van der Waals surface area contributed by atoms with Crippen LogP contribution in [0.1, 0.15) is 38.7 Å². The van der Waals surface area contributed by atoms with Gasteiger partial charge in [0.2, 0.25) is 0 Å². The normalized spacial score (nSPS) is 13.8. The molecule has 1 unspecified atom stereocenters. The van der Waals surface area contributed by atoms with E-state index in [0.29, 0.717) is 13.0 Å². The monoisotopic (exact) mass is 265 g/mol. The Kier molecular flexibility index (Phi) is 5.83. The molecule has 0 aliphatic heterocycles. The molecule has 0 saturated carbocycles. The van der Waals surface area contributed by atoms with Crippen LogP contribution in [-0.2, 0) is 11.2 Å². The van der Waals surface area contributed by atoms with E-state index >= 15 is 0 Å². The first-order chi connectivity index (χ1) is 8.95. The number of ether oxygens (including phenoxy) is 1. The number of carboxylic acids is 1. The van der Waals surface area contributed by atoms with Crippen molar-refractivity contribution in [3.8, 4) is 5.75 Å². The molecule has 1 aromatic rings. The molecule has 4 heteroatoms. The molecule has 0 heterocycles. The predicted octanol–water partition coefficient (Wildman–Crippen LogP) is 2.60. The molecule has 0 bridgehead atoms. The molecule has 19 heavy (non-hydrogen) atoms. The second kappa shape index (κ2) is 7.14. The lowest BCUT2D eigenvalue weighted by Crippen LogP contribution is -2.44. The van der Waals surface area contributed by atoms with Crippen LogP contribution in [-0.4, -0.2) is 23.2 Å². The van der Waals surface area contributed by atoms with Gasteiger partial charge in [-0.05, 0) is 50.3 Å². The minimum absolute atomic E-state index is 0.459. The zero-order valence-corrected chi connectivity index (χ0v) is 11.7. The number of unbranched alkanes of at least 4 members (excludes halogenated alkanes) is 1. The summed E-state index contributed by atoms with van der Waals surface area (Å²) < 4.78 is 5.59. The Balaban J connectivity index is 2.22. The Morgan fingerprint density at radius 2 is 1.95 bits per heavy atom. The van der Waals surface area contributed by atoms with Crippen LogP contribution in [0.2, 0.25) is 0 Å². The minimum Gasteiger partial charge on any atom is -0.494 e. The zero-order valence-electron chi connectivity index (χ0n) is 11.7. The summed E-state index contributed by atoms with van der Waals surface area (Å²) in [6.07, 6.45) is 3.02. The number of aryl methyl sites for hydroxylation is 1. The van der Waals surface area contributed by atoms with Crippen molar-refractivity contribution in [1.82, 2.24) is 0 Å². The lowest BCUT2D eigenvalue weighted by molar-refractivity contribution is -0.142. The first-order valence-corrected chi connectivity index (χ1v) is 6.69. The van der Waals surface area contributed by atoms with Gasteiger partial charge in [-0.2, -0.15) is 0 Å². The van der Waals surface area contributed by atoms with Gasteiger partial charge in [0, 0.05) is 0 Å². The maximum Gasteiger partial charge on any atom is 0.323 e. The fourth-order valence-electron chi connectivity index (χ4n) is 1.71. The van der Waals surface area contributed by atoms with Gasteiger partial charge in [-0.1, -0.05) is 19.1 Å². The number of rotatable bonds is 8. The summed E-state index contributed by atoms with van der Waals surface area (Å²) in [4.78, 5) is 10.8. The third kappa shape index (κ3) is 5.30. The van der Waals surface area contributed by atoms with Gasteiger partial charge in [-0.25, -0.2) is 0 Å². The fraction of sp³-hybridized carbons (Fsp3) is 0.533. The number of benzene rings is 1. The molecule has 106 valence electrons. The van der Waals surface area contributed by atoms with Gasteiger partial charge in [-0.15, -0.1) is 0 Å². The van der Waals surface area contributed by atoms with Crippen LogP contribution < -0.4 is 10.5 Å². The molecule has 0 fully saturated rings. The van der Waals surface area contributed by atoms with Gasteiger partial charge in [0.15, 0.2) is 0 Å². The number of hydrogen-bond acceptors (Lipinski definition) is 3. The van der Waals surface area contributed by atoms with Crippen molar-refractivity contribution in [3.63, 3.8) is 0 Å². The molecule has 3 N–H and O–H groups in total. The van der Waals surface area contributed by atoms with E-state index in [2.05, 4.69) is 19.1 Å². The molecule has 4 nitrogen and oxygen atoms in total. The molecule has 1 atom stereocenters. The SMILES string of the molecule is CCc1ccc(OCCCCC(C)(N)C(=O)O)cc1. The van der Waals surface area contributed by atoms with E-state index in [9.17, 15) is 4.79 Å². The molecule has 0 spiro atoms. The molecule has 0 saturated heterocycles. The van der Waals surface area contributed by atoms with Crippen molar-refractivity contribution in [1.29, 1.82) is 0 Å². The first-order valence-electron chi connectivity index (χ1n) is 6.69. The van der Waals surface area contributed by atoms with E-state index in [4.69, 9.17) is 15.6 Å². The van der Waals surface area contributed by atoms with Gasteiger partial charge in [-0.3, -0.25) is 4.79 Å². The molecule has 1 aromatic carbocycles. The van der Waals surface area contributed by atoms with Crippen molar-refractivity contribution in [2.75, 3.05) is 6.61 Å². The minimum atomic E-state index is -1.14. The fourth-order valence-corrected chi connectivity index (χ4v) is 1.71. The van der Waals surface area contributed by atoms with Crippen LogP contribution in [0.4, 0.5) is 0 Å². The van der Waals surface area contributed by atoms with Gasteiger partial charge in [0.05, 0.1) is 6.61 Å². The predicted molar refractivity (Wildman–Crippen MR) is 75.4 cm³/mol. The highest BCUT2D eigenvalue weighted by molar-refractivity contribution is 5.77. The van der Waals surface area contributed by atoms with Crippen LogP contribution in [0.25, 0.3) is 0 Å². The number of carbonyl (C=O) groups is 1.